The van der Waals surface area contributed by atoms with Crippen molar-refractivity contribution in [1.82, 2.24) is 0 Å². The first-order chi connectivity index (χ1) is 4.39. The Bertz CT molecular complexity index is 102. The Labute approximate surface area is 56.6 Å². The Morgan fingerprint density at radius 2 is 1.80 bits per heavy atom. The Balaban J connectivity index is 3.94. The molecular formula is C5H9F3O2. The fraction of sp³-hybridized carbons (Fsp3) is 1.00. The van der Waals surface area contributed by atoms with Gasteiger partial charge in [-0.15, -0.1) is 0 Å². The van der Waals surface area contributed by atoms with Gasteiger partial charge in [0.05, 0.1) is 6.10 Å². The number of hydrogen-bond donors (Lipinski definition) is 1. The lowest BCUT2D eigenvalue weighted by Gasteiger charge is -2.19. The predicted octanol–water partition coefficient (Wildman–Crippen LogP) is 0.944. The lowest BCUT2D eigenvalue weighted by Crippen LogP contribution is -2.38. The summed E-state index contributed by atoms with van der Waals surface area (Å²) < 4.78 is 38.9. The van der Waals surface area contributed by atoms with Gasteiger partial charge in [-0.1, -0.05) is 0 Å². The van der Waals surface area contributed by atoms with Crippen molar-refractivity contribution in [3.05, 3.63) is 0 Å². The molecule has 0 aromatic heterocycles. The highest BCUT2D eigenvalue weighted by Gasteiger charge is 2.41. The molecule has 0 unspecified atom stereocenters. The molecule has 1 N–H and O–H groups in total. The van der Waals surface area contributed by atoms with E-state index in [1.807, 2.05) is 0 Å². The first-order valence-electron chi connectivity index (χ1n) is 2.67. The van der Waals surface area contributed by atoms with Crippen molar-refractivity contribution in [3.63, 3.8) is 0 Å². The normalized spacial score (nSPS) is 18.6. The van der Waals surface area contributed by atoms with Crippen LogP contribution in [0.25, 0.3) is 0 Å². The summed E-state index contributed by atoms with van der Waals surface area (Å²) in [6.45, 7) is 1.15. The molecule has 0 heterocycles. The summed E-state index contributed by atoms with van der Waals surface area (Å²) in [4.78, 5) is 0. The van der Waals surface area contributed by atoms with E-state index in [9.17, 15) is 13.2 Å². The molecule has 0 amide bonds. The van der Waals surface area contributed by atoms with Crippen molar-refractivity contribution in [2.45, 2.75) is 25.3 Å². The second-order valence-electron chi connectivity index (χ2n) is 1.93. The van der Waals surface area contributed by atoms with Crippen molar-refractivity contribution in [2.75, 3.05) is 7.11 Å². The van der Waals surface area contributed by atoms with Gasteiger partial charge in [0.25, 0.3) is 0 Å². The molecule has 0 aliphatic carbocycles. The number of methoxy groups -OCH3 is 1. The number of aliphatic hydroxyl groups excluding tert-OH is 1. The van der Waals surface area contributed by atoms with E-state index in [0.717, 1.165) is 14.0 Å². The van der Waals surface area contributed by atoms with Crippen LogP contribution in [0.4, 0.5) is 13.2 Å². The van der Waals surface area contributed by atoms with Gasteiger partial charge in [-0.05, 0) is 6.92 Å². The molecule has 0 saturated heterocycles. The molecule has 0 aromatic carbocycles. The average molecular weight is 158 g/mol. The highest BCUT2D eigenvalue weighted by molar-refractivity contribution is 4.71. The molecule has 5 heteroatoms. The maximum atomic E-state index is 11.6. The molecule has 0 rings (SSSR count). The van der Waals surface area contributed by atoms with Crippen LogP contribution in [0.2, 0.25) is 0 Å². The van der Waals surface area contributed by atoms with E-state index in [-0.39, 0.29) is 0 Å². The molecule has 0 aliphatic heterocycles. The molecule has 62 valence electrons. The van der Waals surface area contributed by atoms with Crippen LogP contribution in [-0.2, 0) is 4.74 Å². The minimum Gasteiger partial charge on any atom is -0.381 e. The summed E-state index contributed by atoms with van der Waals surface area (Å²) in [5.41, 5.74) is 0. The summed E-state index contributed by atoms with van der Waals surface area (Å²) in [6.07, 6.45) is -8.19. The predicted molar refractivity (Wildman–Crippen MR) is 28.5 cm³/mol. The van der Waals surface area contributed by atoms with Crippen LogP contribution < -0.4 is 0 Å². The Kier molecular flexibility index (Phi) is 3.11. The quantitative estimate of drug-likeness (QED) is 0.648. The fourth-order valence-corrected chi connectivity index (χ4v) is 0.395. The zero-order valence-electron chi connectivity index (χ0n) is 5.64. The summed E-state index contributed by atoms with van der Waals surface area (Å²) in [5.74, 6) is 0. The molecule has 0 fully saturated rings. The summed E-state index contributed by atoms with van der Waals surface area (Å²) in [6, 6.07) is 0. The van der Waals surface area contributed by atoms with Gasteiger partial charge in [0, 0.05) is 7.11 Å². The van der Waals surface area contributed by atoms with Gasteiger partial charge < -0.3 is 9.84 Å². The topological polar surface area (TPSA) is 29.5 Å². The van der Waals surface area contributed by atoms with E-state index < -0.39 is 18.4 Å². The molecule has 0 radical (unpaired) electrons. The van der Waals surface area contributed by atoms with Gasteiger partial charge in [-0.2, -0.15) is 13.2 Å². The van der Waals surface area contributed by atoms with Gasteiger partial charge in [-0.3, -0.25) is 0 Å². The number of hydrogen-bond acceptors (Lipinski definition) is 2. The average Bonchev–Trinajstić information content (AvgIpc) is 1.83. The summed E-state index contributed by atoms with van der Waals surface area (Å²) in [5, 5.41) is 8.40. The zero-order valence-corrected chi connectivity index (χ0v) is 5.64. The molecule has 10 heavy (non-hydrogen) atoms. The van der Waals surface area contributed by atoms with Crippen molar-refractivity contribution in [3.8, 4) is 0 Å². The third-order valence-corrected chi connectivity index (χ3v) is 1.15. The van der Waals surface area contributed by atoms with E-state index in [4.69, 9.17) is 5.11 Å². The van der Waals surface area contributed by atoms with Gasteiger partial charge in [0.1, 0.15) is 0 Å². The van der Waals surface area contributed by atoms with Crippen molar-refractivity contribution in [2.24, 2.45) is 0 Å². The monoisotopic (exact) mass is 158 g/mol. The van der Waals surface area contributed by atoms with Gasteiger partial charge in [0.2, 0.25) is 0 Å². The molecule has 0 bridgehead atoms. The van der Waals surface area contributed by atoms with Crippen LogP contribution in [0.1, 0.15) is 6.92 Å². The van der Waals surface area contributed by atoms with Crippen LogP contribution >= 0.6 is 0 Å². The Hall–Kier alpha value is -0.290. The van der Waals surface area contributed by atoms with Gasteiger partial charge in [0.15, 0.2) is 6.10 Å². The van der Waals surface area contributed by atoms with E-state index in [1.54, 1.807) is 0 Å². The maximum absolute atomic E-state index is 11.6. The Morgan fingerprint density at radius 3 is 1.90 bits per heavy atom. The molecule has 2 nitrogen and oxygen atoms in total. The molecule has 0 aromatic rings. The van der Waals surface area contributed by atoms with E-state index in [0.29, 0.717) is 0 Å². The standard InChI is InChI=1S/C5H9F3O2/c1-3(10-2)4(9)5(6,7)8/h3-4,9H,1-2H3/t3-,4-/m1/s1. The fourth-order valence-electron chi connectivity index (χ4n) is 0.395. The molecule has 2 atom stereocenters. The number of aliphatic hydroxyl groups is 1. The number of ether oxygens (including phenoxy) is 1. The lowest BCUT2D eigenvalue weighted by atomic mass is 10.2. The van der Waals surface area contributed by atoms with E-state index >= 15 is 0 Å². The van der Waals surface area contributed by atoms with Gasteiger partial charge >= 0.3 is 6.18 Å². The minimum absolute atomic E-state index is 1.11. The maximum Gasteiger partial charge on any atom is 0.416 e. The SMILES string of the molecule is CO[C@H](C)[C@@H](O)C(F)(F)F. The van der Waals surface area contributed by atoms with Crippen LogP contribution in [0.15, 0.2) is 0 Å². The zero-order chi connectivity index (χ0) is 8.36. The van der Waals surface area contributed by atoms with Crippen molar-refractivity contribution in [1.29, 1.82) is 0 Å². The lowest BCUT2D eigenvalue weighted by molar-refractivity contribution is -0.230. The summed E-state index contributed by atoms with van der Waals surface area (Å²) in [7, 11) is 1.11. The third-order valence-electron chi connectivity index (χ3n) is 1.15. The van der Waals surface area contributed by atoms with Gasteiger partial charge in [-0.25, -0.2) is 0 Å². The van der Waals surface area contributed by atoms with Crippen LogP contribution in [0.3, 0.4) is 0 Å². The van der Waals surface area contributed by atoms with Crippen LogP contribution in [0, 0.1) is 0 Å². The summed E-state index contributed by atoms with van der Waals surface area (Å²) >= 11 is 0. The first kappa shape index (κ1) is 9.71. The third kappa shape index (κ3) is 2.53. The molecule has 0 spiro atoms. The van der Waals surface area contributed by atoms with E-state index in [2.05, 4.69) is 4.74 Å². The second-order valence-corrected chi connectivity index (χ2v) is 1.93. The minimum atomic E-state index is -4.59. The van der Waals surface area contributed by atoms with Crippen LogP contribution in [-0.4, -0.2) is 30.6 Å². The smallest absolute Gasteiger partial charge is 0.381 e. The van der Waals surface area contributed by atoms with Crippen molar-refractivity contribution < 1.29 is 23.0 Å². The highest BCUT2D eigenvalue weighted by atomic mass is 19.4. The second kappa shape index (κ2) is 3.21. The number of rotatable bonds is 2. The van der Waals surface area contributed by atoms with Crippen LogP contribution in [0.5, 0.6) is 0 Å². The van der Waals surface area contributed by atoms with E-state index in [1.165, 1.54) is 0 Å². The number of alkyl halides is 3. The largest absolute Gasteiger partial charge is 0.416 e. The molecule has 0 saturated carbocycles. The van der Waals surface area contributed by atoms with Crippen molar-refractivity contribution >= 4 is 0 Å². The number of halogens is 3. The molecular weight excluding hydrogens is 149 g/mol. The first-order valence-corrected chi connectivity index (χ1v) is 2.67. The molecule has 0 aliphatic rings. The Morgan fingerprint density at radius 1 is 1.40 bits per heavy atom. The highest BCUT2D eigenvalue weighted by Crippen LogP contribution is 2.23.